The van der Waals surface area contributed by atoms with Crippen LogP contribution in [0.5, 0.6) is 0 Å². The fourth-order valence-corrected chi connectivity index (χ4v) is 3.66. The van der Waals surface area contributed by atoms with Crippen LogP contribution >= 0.6 is 0 Å². The molecular weight excluding hydrogens is 304 g/mol. The van der Waals surface area contributed by atoms with E-state index in [9.17, 15) is 13.2 Å². The lowest BCUT2D eigenvalue weighted by atomic mass is 9.97. The fraction of sp³-hybridized carbons (Fsp3) is 0.533. The van der Waals surface area contributed by atoms with E-state index in [1.165, 1.54) is 0 Å². The normalized spacial score (nSPS) is 18.8. The first kappa shape index (κ1) is 16.9. The number of amides is 1. The summed E-state index contributed by atoms with van der Waals surface area (Å²) in [7, 11) is -2.14. The standard InChI is InChI=1S/C15H22N2O4S/c1-12(13-6-4-3-5-7-13)22(19,20)16-15(18)14-8-10-17(21-2)11-9-14/h3-7,12,14H,8-11H2,1-2H3,(H,16,18). The number of hydroxylamine groups is 2. The second-order valence-electron chi connectivity index (χ2n) is 5.45. The number of rotatable bonds is 5. The van der Waals surface area contributed by atoms with Crippen molar-refractivity contribution in [3.8, 4) is 0 Å². The molecule has 0 spiro atoms. The molecule has 0 radical (unpaired) electrons. The summed E-state index contributed by atoms with van der Waals surface area (Å²) < 4.78 is 26.9. The predicted octanol–water partition coefficient (Wildman–Crippen LogP) is 1.47. The zero-order valence-electron chi connectivity index (χ0n) is 12.9. The van der Waals surface area contributed by atoms with E-state index in [4.69, 9.17) is 4.84 Å². The fourth-order valence-electron chi connectivity index (χ4n) is 2.52. The summed E-state index contributed by atoms with van der Waals surface area (Å²) in [5.41, 5.74) is 0.664. The molecule has 0 aromatic heterocycles. The van der Waals surface area contributed by atoms with Crippen molar-refractivity contribution in [3.05, 3.63) is 35.9 Å². The van der Waals surface area contributed by atoms with Gasteiger partial charge < -0.3 is 4.84 Å². The Labute approximate surface area is 131 Å². The summed E-state index contributed by atoms with van der Waals surface area (Å²) in [6, 6.07) is 8.87. The van der Waals surface area contributed by atoms with Gasteiger partial charge >= 0.3 is 0 Å². The Hall–Kier alpha value is -1.44. The van der Waals surface area contributed by atoms with Crippen LogP contribution in [0.4, 0.5) is 0 Å². The van der Waals surface area contributed by atoms with Crippen LogP contribution in [-0.2, 0) is 19.7 Å². The van der Waals surface area contributed by atoms with Crippen LogP contribution in [0.15, 0.2) is 30.3 Å². The number of sulfonamides is 1. The van der Waals surface area contributed by atoms with Gasteiger partial charge in [-0.25, -0.2) is 8.42 Å². The molecule has 1 aliphatic rings. The van der Waals surface area contributed by atoms with E-state index >= 15 is 0 Å². The zero-order valence-corrected chi connectivity index (χ0v) is 13.7. The van der Waals surface area contributed by atoms with Crippen molar-refractivity contribution in [1.29, 1.82) is 0 Å². The van der Waals surface area contributed by atoms with Crippen LogP contribution in [0.2, 0.25) is 0 Å². The van der Waals surface area contributed by atoms with Crippen LogP contribution in [0.25, 0.3) is 0 Å². The summed E-state index contributed by atoms with van der Waals surface area (Å²) in [5, 5.41) is 1.00. The van der Waals surface area contributed by atoms with Gasteiger partial charge in [-0.15, -0.1) is 0 Å². The van der Waals surface area contributed by atoms with Crippen molar-refractivity contribution in [1.82, 2.24) is 9.79 Å². The van der Waals surface area contributed by atoms with Crippen molar-refractivity contribution in [2.24, 2.45) is 5.92 Å². The lowest BCUT2D eigenvalue weighted by molar-refractivity contribution is -0.153. The molecule has 0 aliphatic carbocycles. The van der Waals surface area contributed by atoms with E-state index < -0.39 is 21.2 Å². The van der Waals surface area contributed by atoms with Crippen LogP contribution < -0.4 is 4.72 Å². The highest BCUT2D eigenvalue weighted by Crippen LogP contribution is 2.22. The molecule has 7 heteroatoms. The Balaban J connectivity index is 1.98. The monoisotopic (exact) mass is 326 g/mol. The van der Waals surface area contributed by atoms with Crippen LogP contribution in [-0.4, -0.2) is 39.6 Å². The first-order valence-corrected chi connectivity index (χ1v) is 8.88. The van der Waals surface area contributed by atoms with Gasteiger partial charge in [0.1, 0.15) is 5.25 Å². The lowest BCUT2D eigenvalue weighted by Crippen LogP contribution is -2.42. The van der Waals surface area contributed by atoms with E-state index in [-0.39, 0.29) is 5.92 Å². The van der Waals surface area contributed by atoms with Gasteiger partial charge in [0.2, 0.25) is 15.9 Å². The van der Waals surface area contributed by atoms with Crippen molar-refractivity contribution >= 4 is 15.9 Å². The highest BCUT2D eigenvalue weighted by Gasteiger charge is 2.30. The zero-order chi connectivity index (χ0) is 16.2. The first-order valence-electron chi connectivity index (χ1n) is 7.33. The average molecular weight is 326 g/mol. The molecule has 1 aliphatic heterocycles. The molecule has 0 bridgehead atoms. The van der Waals surface area contributed by atoms with Crippen molar-refractivity contribution in [2.75, 3.05) is 20.2 Å². The summed E-state index contributed by atoms with van der Waals surface area (Å²) in [5.74, 6) is -0.706. The minimum atomic E-state index is -3.73. The third-order valence-electron chi connectivity index (χ3n) is 4.06. The quantitative estimate of drug-likeness (QED) is 0.887. The second-order valence-corrected chi connectivity index (χ2v) is 7.45. The molecule has 1 amide bonds. The van der Waals surface area contributed by atoms with Gasteiger partial charge in [-0.1, -0.05) is 30.3 Å². The van der Waals surface area contributed by atoms with Gasteiger partial charge in [0.05, 0.1) is 7.11 Å². The minimum absolute atomic E-state index is 0.288. The Kier molecular flexibility index (Phi) is 5.55. The van der Waals surface area contributed by atoms with E-state index in [1.54, 1.807) is 43.4 Å². The van der Waals surface area contributed by atoms with Gasteiger partial charge in [0.15, 0.2) is 0 Å². The molecule has 0 saturated carbocycles. The van der Waals surface area contributed by atoms with Crippen LogP contribution in [0.3, 0.4) is 0 Å². The van der Waals surface area contributed by atoms with E-state index in [2.05, 4.69) is 4.72 Å². The van der Waals surface area contributed by atoms with Gasteiger partial charge in [-0.3, -0.25) is 9.52 Å². The third kappa shape index (κ3) is 4.06. The molecule has 1 aromatic rings. The average Bonchev–Trinajstić information content (AvgIpc) is 2.54. The number of hydrogen-bond donors (Lipinski definition) is 1. The Morgan fingerprint density at radius 1 is 1.27 bits per heavy atom. The van der Waals surface area contributed by atoms with Crippen molar-refractivity contribution in [3.63, 3.8) is 0 Å². The van der Waals surface area contributed by atoms with Gasteiger partial charge in [-0.05, 0) is 25.3 Å². The minimum Gasteiger partial charge on any atom is -0.302 e. The molecule has 22 heavy (non-hydrogen) atoms. The summed E-state index contributed by atoms with van der Waals surface area (Å²) >= 11 is 0. The van der Waals surface area contributed by atoms with Gasteiger partial charge in [0.25, 0.3) is 0 Å². The molecule has 1 unspecified atom stereocenters. The topological polar surface area (TPSA) is 75.7 Å². The van der Waals surface area contributed by atoms with Gasteiger partial charge in [0, 0.05) is 19.0 Å². The molecule has 2 rings (SSSR count). The maximum absolute atomic E-state index is 12.3. The number of hydrogen-bond acceptors (Lipinski definition) is 5. The van der Waals surface area contributed by atoms with E-state index in [1.807, 2.05) is 6.07 Å². The molecule has 1 atom stereocenters. The summed E-state index contributed by atoms with van der Waals surface area (Å²) in [6.45, 7) is 2.84. The van der Waals surface area contributed by atoms with E-state index in [0.29, 0.717) is 31.5 Å². The smallest absolute Gasteiger partial charge is 0.241 e. The Morgan fingerprint density at radius 3 is 2.41 bits per heavy atom. The number of nitrogens with zero attached hydrogens (tertiary/aromatic N) is 1. The largest absolute Gasteiger partial charge is 0.302 e. The number of piperidine rings is 1. The molecular formula is C15H22N2O4S. The Bertz CT molecular complexity index is 595. The number of benzene rings is 1. The SMILES string of the molecule is CON1CCC(C(=O)NS(=O)(=O)C(C)c2ccccc2)CC1. The number of carbonyl (C=O) groups is 1. The highest BCUT2D eigenvalue weighted by atomic mass is 32.2. The molecule has 1 heterocycles. The molecule has 1 saturated heterocycles. The molecule has 1 fully saturated rings. The van der Waals surface area contributed by atoms with Gasteiger partial charge in [-0.2, -0.15) is 5.06 Å². The summed E-state index contributed by atoms with van der Waals surface area (Å²) in [4.78, 5) is 17.3. The molecule has 122 valence electrons. The second kappa shape index (κ2) is 7.21. The number of nitrogens with one attached hydrogen (secondary N) is 1. The molecule has 1 aromatic carbocycles. The lowest BCUT2D eigenvalue weighted by Gasteiger charge is -2.29. The number of carbonyl (C=O) groups excluding carboxylic acids is 1. The maximum atomic E-state index is 12.3. The van der Waals surface area contributed by atoms with Crippen molar-refractivity contribution in [2.45, 2.75) is 25.0 Å². The molecule has 6 nitrogen and oxygen atoms in total. The first-order chi connectivity index (χ1) is 10.4. The summed E-state index contributed by atoms with van der Waals surface area (Å²) in [6.07, 6.45) is 1.18. The predicted molar refractivity (Wildman–Crippen MR) is 83.2 cm³/mol. The van der Waals surface area contributed by atoms with Crippen molar-refractivity contribution < 1.29 is 18.0 Å². The van der Waals surface area contributed by atoms with Crippen LogP contribution in [0.1, 0.15) is 30.6 Å². The van der Waals surface area contributed by atoms with E-state index in [0.717, 1.165) is 0 Å². The maximum Gasteiger partial charge on any atom is 0.241 e. The van der Waals surface area contributed by atoms with Crippen LogP contribution in [0, 0.1) is 5.92 Å². The Morgan fingerprint density at radius 2 is 1.86 bits per heavy atom. The highest BCUT2D eigenvalue weighted by molar-refractivity contribution is 7.90. The molecule has 1 N–H and O–H groups in total. The third-order valence-corrected chi connectivity index (χ3v) is 5.75.